The van der Waals surface area contributed by atoms with Gasteiger partial charge in [0.2, 0.25) is 0 Å². The van der Waals surface area contributed by atoms with Gasteiger partial charge in [-0.05, 0) is 54.5 Å². The molecule has 0 aliphatic heterocycles. The molecule has 3 nitrogen and oxygen atoms in total. The zero-order chi connectivity index (χ0) is 16.4. The average Bonchev–Trinajstić information content (AvgIpc) is 3.37. The van der Waals surface area contributed by atoms with Crippen LogP contribution in [0.5, 0.6) is 0 Å². The first-order valence-corrected chi connectivity index (χ1v) is 8.19. The maximum Gasteiger partial charge on any atom is 0.186 e. The summed E-state index contributed by atoms with van der Waals surface area (Å²) >= 11 is 5.93. The van der Waals surface area contributed by atoms with Crippen molar-refractivity contribution in [1.82, 2.24) is 4.98 Å². The Bertz CT molecular complexity index is 721. The van der Waals surface area contributed by atoms with Crippen molar-refractivity contribution < 1.29 is 4.79 Å². The smallest absolute Gasteiger partial charge is 0.186 e. The van der Waals surface area contributed by atoms with Crippen molar-refractivity contribution >= 4 is 23.1 Å². The SMILES string of the molecule is CC(CC(=N)C(=O)C1(c2ccc(Cl)cc2)CC1)c1cccnc1. The number of hydrogen-bond donors (Lipinski definition) is 1. The van der Waals surface area contributed by atoms with Crippen LogP contribution in [-0.2, 0) is 10.2 Å². The van der Waals surface area contributed by atoms with Gasteiger partial charge in [0.25, 0.3) is 0 Å². The van der Waals surface area contributed by atoms with Crippen LogP contribution in [0.3, 0.4) is 0 Å². The standard InChI is InChI=1S/C19H19ClN2O/c1-13(14-3-2-10-22-12-14)11-17(21)18(23)19(8-9-19)15-4-6-16(20)7-5-15/h2-7,10,12-13,21H,8-9,11H2,1H3. The molecule has 23 heavy (non-hydrogen) atoms. The third-order valence-electron chi connectivity index (χ3n) is 4.62. The number of halogens is 1. The monoisotopic (exact) mass is 326 g/mol. The third kappa shape index (κ3) is 3.20. The third-order valence-corrected chi connectivity index (χ3v) is 4.87. The van der Waals surface area contributed by atoms with Gasteiger partial charge in [-0.3, -0.25) is 9.78 Å². The van der Waals surface area contributed by atoms with Gasteiger partial charge >= 0.3 is 0 Å². The number of nitrogens with zero attached hydrogens (tertiary/aromatic N) is 1. The Morgan fingerprint density at radius 3 is 2.57 bits per heavy atom. The van der Waals surface area contributed by atoms with Gasteiger partial charge in [0.1, 0.15) is 0 Å². The van der Waals surface area contributed by atoms with Crippen LogP contribution in [0, 0.1) is 5.41 Å². The van der Waals surface area contributed by atoms with Crippen LogP contribution in [0.1, 0.15) is 43.2 Å². The molecule has 0 spiro atoms. The van der Waals surface area contributed by atoms with E-state index < -0.39 is 5.41 Å². The molecule has 4 heteroatoms. The van der Waals surface area contributed by atoms with Crippen LogP contribution in [0.15, 0.2) is 48.8 Å². The molecule has 1 N–H and O–H groups in total. The fourth-order valence-corrected chi connectivity index (χ4v) is 3.14. The lowest BCUT2D eigenvalue weighted by atomic mass is 9.85. The summed E-state index contributed by atoms with van der Waals surface area (Å²) in [5.41, 5.74) is 1.75. The largest absolute Gasteiger partial charge is 0.302 e. The molecule has 0 saturated heterocycles. The Labute approximate surface area is 141 Å². The number of ketones is 1. The van der Waals surface area contributed by atoms with E-state index in [9.17, 15) is 4.79 Å². The highest BCUT2D eigenvalue weighted by atomic mass is 35.5. The van der Waals surface area contributed by atoms with Crippen molar-refractivity contribution in [1.29, 1.82) is 5.41 Å². The maximum atomic E-state index is 12.8. The van der Waals surface area contributed by atoms with Gasteiger partial charge in [0, 0.05) is 17.4 Å². The van der Waals surface area contributed by atoms with Gasteiger partial charge in [0.05, 0.1) is 11.1 Å². The van der Waals surface area contributed by atoms with E-state index in [0.717, 1.165) is 24.0 Å². The summed E-state index contributed by atoms with van der Waals surface area (Å²) in [4.78, 5) is 16.9. The quantitative estimate of drug-likeness (QED) is 0.792. The number of aromatic nitrogens is 1. The minimum absolute atomic E-state index is 0.0458. The van der Waals surface area contributed by atoms with E-state index in [0.29, 0.717) is 11.4 Å². The van der Waals surface area contributed by atoms with Crippen molar-refractivity contribution in [2.75, 3.05) is 0 Å². The molecule has 1 aliphatic rings. The normalized spacial score (nSPS) is 16.6. The molecule has 1 fully saturated rings. The molecule has 1 atom stereocenters. The molecule has 1 aliphatic carbocycles. The van der Waals surface area contributed by atoms with Crippen molar-refractivity contribution in [3.8, 4) is 0 Å². The van der Waals surface area contributed by atoms with Gasteiger partial charge in [-0.1, -0.05) is 36.7 Å². The van der Waals surface area contributed by atoms with Crippen LogP contribution in [0.4, 0.5) is 0 Å². The summed E-state index contributed by atoms with van der Waals surface area (Å²) in [6.45, 7) is 2.03. The Morgan fingerprint density at radius 1 is 1.30 bits per heavy atom. The zero-order valence-corrected chi connectivity index (χ0v) is 13.8. The molecule has 1 aromatic carbocycles. The predicted octanol–water partition coefficient (Wildman–Crippen LogP) is 4.55. The number of hydrogen-bond acceptors (Lipinski definition) is 3. The van der Waals surface area contributed by atoms with E-state index in [1.165, 1.54) is 0 Å². The van der Waals surface area contributed by atoms with E-state index in [2.05, 4.69) is 4.98 Å². The summed E-state index contributed by atoms with van der Waals surface area (Å²) in [6, 6.07) is 11.3. The van der Waals surface area contributed by atoms with Gasteiger partial charge < -0.3 is 5.41 Å². The lowest BCUT2D eigenvalue weighted by Gasteiger charge is -2.17. The van der Waals surface area contributed by atoms with Gasteiger partial charge in [-0.25, -0.2) is 0 Å². The average molecular weight is 327 g/mol. The highest BCUT2D eigenvalue weighted by molar-refractivity contribution is 6.42. The number of Topliss-reactive ketones (excluding diaryl/α,β-unsaturated/α-hetero) is 1. The second-order valence-electron chi connectivity index (χ2n) is 6.29. The minimum Gasteiger partial charge on any atom is -0.302 e. The first-order chi connectivity index (χ1) is 11.0. The maximum absolute atomic E-state index is 12.8. The van der Waals surface area contributed by atoms with Crippen molar-refractivity contribution in [2.45, 2.75) is 37.5 Å². The minimum atomic E-state index is -0.490. The van der Waals surface area contributed by atoms with Crippen LogP contribution in [0.25, 0.3) is 0 Å². The van der Waals surface area contributed by atoms with E-state index >= 15 is 0 Å². The Morgan fingerprint density at radius 2 is 2.00 bits per heavy atom. The van der Waals surface area contributed by atoms with Crippen molar-refractivity contribution in [3.05, 3.63) is 64.9 Å². The summed E-state index contributed by atoms with van der Waals surface area (Å²) in [5, 5.41) is 8.93. The molecule has 0 bridgehead atoms. The molecule has 1 unspecified atom stereocenters. The first-order valence-electron chi connectivity index (χ1n) is 7.81. The lowest BCUT2D eigenvalue weighted by molar-refractivity contribution is -0.115. The highest BCUT2D eigenvalue weighted by Crippen LogP contribution is 2.49. The van der Waals surface area contributed by atoms with Gasteiger partial charge in [-0.2, -0.15) is 0 Å². The topological polar surface area (TPSA) is 53.8 Å². The molecule has 118 valence electrons. The number of nitrogens with one attached hydrogen (secondary N) is 1. The summed E-state index contributed by atoms with van der Waals surface area (Å²) in [5.74, 6) is 0.0664. The van der Waals surface area contributed by atoms with E-state index in [1.54, 1.807) is 12.4 Å². The number of carbonyl (C=O) groups is 1. The van der Waals surface area contributed by atoms with Gasteiger partial charge in [-0.15, -0.1) is 0 Å². The number of carbonyl (C=O) groups excluding carboxylic acids is 1. The van der Waals surface area contributed by atoms with Crippen LogP contribution in [-0.4, -0.2) is 16.5 Å². The van der Waals surface area contributed by atoms with Crippen LogP contribution >= 0.6 is 11.6 Å². The van der Waals surface area contributed by atoms with E-state index in [4.69, 9.17) is 17.0 Å². The highest BCUT2D eigenvalue weighted by Gasteiger charge is 2.52. The van der Waals surface area contributed by atoms with E-state index in [-0.39, 0.29) is 17.4 Å². The van der Waals surface area contributed by atoms with Crippen LogP contribution < -0.4 is 0 Å². The molecule has 3 rings (SSSR count). The van der Waals surface area contributed by atoms with Crippen molar-refractivity contribution in [3.63, 3.8) is 0 Å². The van der Waals surface area contributed by atoms with Gasteiger partial charge in [0.15, 0.2) is 5.78 Å². The second-order valence-corrected chi connectivity index (χ2v) is 6.72. The Balaban J connectivity index is 1.72. The summed E-state index contributed by atoms with van der Waals surface area (Å²) < 4.78 is 0. The molecule has 1 aromatic heterocycles. The summed E-state index contributed by atoms with van der Waals surface area (Å²) in [6.07, 6.45) is 5.61. The molecule has 0 radical (unpaired) electrons. The number of rotatable bonds is 6. The van der Waals surface area contributed by atoms with E-state index in [1.807, 2.05) is 43.3 Å². The van der Waals surface area contributed by atoms with Crippen LogP contribution in [0.2, 0.25) is 5.02 Å². The number of pyridine rings is 1. The predicted molar refractivity (Wildman–Crippen MR) is 92.4 cm³/mol. The second kappa shape index (κ2) is 6.25. The van der Waals surface area contributed by atoms with Crippen molar-refractivity contribution in [2.24, 2.45) is 0 Å². The fraction of sp³-hybridized carbons (Fsp3) is 0.316. The molecule has 0 amide bonds. The molecule has 1 saturated carbocycles. The lowest BCUT2D eigenvalue weighted by Crippen LogP contribution is -2.29. The summed E-state index contributed by atoms with van der Waals surface area (Å²) in [7, 11) is 0. The molecular weight excluding hydrogens is 308 g/mol. The molecular formula is C19H19ClN2O. The number of benzene rings is 1. The molecule has 1 heterocycles. The fourth-order valence-electron chi connectivity index (χ4n) is 3.01. The zero-order valence-electron chi connectivity index (χ0n) is 13.1. The Hall–Kier alpha value is -2.00. The Kier molecular flexibility index (Phi) is 4.31. The molecule has 2 aromatic rings. The first kappa shape index (κ1) is 15.9.